The van der Waals surface area contributed by atoms with Crippen LogP contribution in [0.1, 0.15) is 23.2 Å². The normalized spacial score (nSPS) is 19.2. The van der Waals surface area contributed by atoms with Crippen LogP contribution in [0.5, 0.6) is 0 Å². The van der Waals surface area contributed by atoms with Crippen molar-refractivity contribution in [3.05, 3.63) is 33.4 Å². The van der Waals surface area contributed by atoms with E-state index in [-0.39, 0.29) is 24.4 Å². The summed E-state index contributed by atoms with van der Waals surface area (Å²) in [4.78, 5) is 11.9. The summed E-state index contributed by atoms with van der Waals surface area (Å²) in [5, 5.41) is 6.34. The van der Waals surface area contributed by atoms with E-state index in [0.717, 1.165) is 35.1 Å². The number of nitrogens with one attached hydrogen (secondary N) is 2. The molecule has 1 atom stereocenters. The molecule has 94 valence electrons. The number of piperidine rings is 1. The van der Waals surface area contributed by atoms with Gasteiger partial charge in [-0.05, 0) is 60.2 Å². The molecule has 1 amide bonds. The van der Waals surface area contributed by atoms with Crippen LogP contribution in [0, 0.1) is 3.57 Å². The second-order valence-electron chi connectivity index (χ2n) is 4.03. The van der Waals surface area contributed by atoms with Gasteiger partial charge in [-0.3, -0.25) is 4.79 Å². The van der Waals surface area contributed by atoms with Crippen LogP contribution < -0.4 is 10.6 Å². The molecule has 1 unspecified atom stereocenters. The SMILES string of the molecule is Cl.O=C(NC1CCCNC1)c1cccc(I)c1. The van der Waals surface area contributed by atoms with Crippen LogP contribution in [0.4, 0.5) is 0 Å². The van der Waals surface area contributed by atoms with E-state index < -0.39 is 0 Å². The van der Waals surface area contributed by atoms with E-state index in [4.69, 9.17) is 0 Å². The molecule has 1 saturated heterocycles. The third kappa shape index (κ3) is 4.44. The molecule has 1 aliphatic heterocycles. The average molecular weight is 367 g/mol. The summed E-state index contributed by atoms with van der Waals surface area (Å²) >= 11 is 2.22. The van der Waals surface area contributed by atoms with Gasteiger partial charge in [-0.25, -0.2) is 0 Å². The number of carbonyl (C=O) groups is 1. The number of halogens is 2. The second kappa shape index (κ2) is 7.18. The number of carbonyl (C=O) groups excluding carboxylic acids is 1. The van der Waals surface area contributed by atoms with Crippen LogP contribution in [0.15, 0.2) is 24.3 Å². The molecule has 0 radical (unpaired) electrons. The molecule has 3 nitrogen and oxygen atoms in total. The van der Waals surface area contributed by atoms with Crippen LogP contribution >= 0.6 is 35.0 Å². The summed E-state index contributed by atoms with van der Waals surface area (Å²) in [7, 11) is 0. The molecule has 5 heteroatoms. The lowest BCUT2D eigenvalue weighted by molar-refractivity contribution is 0.0930. The van der Waals surface area contributed by atoms with Crippen molar-refractivity contribution in [3.8, 4) is 0 Å². The lowest BCUT2D eigenvalue weighted by Crippen LogP contribution is -2.45. The van der Waals surface area contributed by atoms with Crippen molar-refractivity contribution in [2.24, 2.45) is 0 Å². The van der Waals surface area contributed by atoms with Crippen LogP contribution in [0.2, 0.25) is 0 Å². The minimum absolute atomic E-state index is 0. The highest BCUT2D eigenvalue weighted by molar-refractivity contribution is 14.1. The first-order chi connectivity index (χ1) is 7.75. The molecule has 17 heavy (non-hydrogen) atoms. The molecule has 0 aromatic heterocycles. The third-order valence-electron chi connectivity index (χ3n) is 2.72. The Morgan fingerprint density at radius 3 is 2.94 bits per heavy atom. The minimum atomic E-state index is 0. The van der Waals surface area contributed by atoms with Crippen molar-refractivity contribution in [2.45, 2.75) is 18.9 Å². The summed E-state index contributed by atoms with van der Waals surface area (Å²) in [5.74, 6) is 0.0345. The number of amides is 1. The average Bonchev–Trinajstić information content (AvgIpc) is 2.30. The predicted octanol–water partition coefficient (Wildman–Crippen LogP) is 2.19. The van der Waals surface area contributed by atoms with Gasteiger partial charge in [0.2, 0.25) is 0 Å². The first-order valence-electron chi connectivity index (χ1n) is 5.53. The predicted molar refractivity (Wildman–Crippen MR) is 79.8 cm³/mol. The van der Waals surface area contributed by atoms with Gasteiger partial charge in [-0.15, -0.1) is 12.4 Å². The lowest BCUT2D eigenvalue weighted by atomic mass is 10.1. The Morgan fingerprint density at radius 2 is 2.29 bits per heavy atom. The Morgan fingerprint density at radius 1 is 1.47 bits per heavy atom. The zero-order valence-electron chi connectivity index (χ0n) is 9.41. The van der Waals surface area contributed by atoms with E-state index in [1.165, 1.54) is 0 Å². The maximum absolute atomic E-state index is 11.9. The molecule has 0 saturated carbocycles. The molecule has 1 aromatic carbocycles. The van der Waals surface area contributed by atoms with Crippen molar-refractivity contribution in [1.82, 2.24) is 10.6 Å². The minimum Gasteiger partial charge on any atom is -0.348 e. The van der Waals surface area contributed by atoms with Crippen LogP contribution in [-0.2, 0) is 0 Å². The van der Waals surface area contributed by atoms with Crippen molar-refractivity contribution < 1.29 is 4.79 Å². The zero-order chi connectivity index (χ0) is 11.4. The first kappa shape index (κ1) is 14.7. The number of hydrogen-bond acceptors (Lipinski definition) is 2. The summed E-state index contributed by atoms with van der Waals surface area (Å²) in [6.45, 7) is 1.95. The molecule has 0 spiro atoms. The number of hydrogen-bond donors (Lipinski definition) is 2. The molecule has 0 aliphatic carbocycles. The Balaban J connectivity index is 0.00000144. The second-order valence-corrected chi connectivity index (χ2v) is 5.27. The molecule has 1 fully saturated rings. The largest absolute Gasteiger partial charge is 0.348 e. The smallest absolute Gasteiger partial charge is 0.251 e. The van der Waals surface area contributed by atoms with Gasteiger partial charge < -0.3 is 10.6 Å². The van der Waals surface area contributed by atoms with Gasteiger partial charge in [-0.1, -0.05) is 6.07 Å². The topological polar surface area (TPSA) is 41.1 Å². The Hall–Kier alpha value is -0.330. The number of benzene rings is 1. The van der Waals surface area contributed by atoms with E-state index in [9.17, 15) is 4.79 Å². The maximum atomic E-state index is 11.9. The van der Waals surface area contributed by atoms with Crippen molar-refractivity contribution in [3.63, 3.8) is 0 Å². The fourth-order valence-corrected chi connectivity index (χ4v) is 2.42. The molecule has 0 bridgehead atoms. The first-order valence-corrected chi connectivity index (χ1v) is 6.61. The maximum Gasteiger partial charge on any atom is 0.251 e. The summed E-state index contributed by atoms with van der Waals surface area (Å²) in [6.07, 6.45) is 2.21. The number of rotatable bonds is 2. The summed E-state index contributed by atoms with van der Waals surface area (Å²) in [5.41, 5.74) is 0.748. The lowest BCUT2D eigenvalue weighted by Gasteiger charge is -2.23. The van der Waals surface area contributed by atoms with Gasteiger partial charge in [0.25, 0.3) is 5.91 Å². The van der Waals surface area contributed by atoms with E-state index in [1.54, 1.807) is 0 Å². The van der Waals surface area contributed by atoms with Gasteiger partial charge in [0, 0.05) is 21.7 Å². The molecule has 2 rings (SSSR count). The van der Waals surface area contributed by atoms with Gasteiger partial charge in [-0.2, -0.15) is 0 Å². The summed E-state index contributed by atoms with van der Waals surface area (Å²) in [6, 6.07) is 7.94. The highest BCUT2D eigenvalue weighted by atomic mass is 127. The van der Waals surface area contributed by atoms with Gasteiger partial charge >= 0.3 is 0 Å². The highest BCUT2D eigenvalue weighted by Crippen LogP contribution is 2.09. The van der Waals surface area contributed by atoms with Crippen LogP contribution in [0.25, 0.3) is 0 Å². The van der Waals surface area contributed by atoms with E-state index >= 15 is 0 Å². The quantitative estimate of drug-likeness (QED) is 0.788. The van der Waals surface area contributed by atoms with Gasteiger partial charge in [0.05, 0.1) is 0 Å². The van der Waals surface area contributed by atoms with Crippen LogP contribution in [-0.4, -0.2) is 25.0 Å². The van der Waals surface area contributed by atoms with Crippen molar-refractivity contribution >= 4 is 40.9 Å². The highest BCUT2D eigenvalue weighted by Gasteiger charge is 2.16. The van der Waals surface area contributed by atoms with Crippen molar-refractivity contribution in [1.29, 1.82) is 0 Å². The fourth-order valence-electron chi connectivity index (χ4n) is 1.87. The fraction of sp³-hybridized carbons (Fsp3) is 0.417. The van der Waals surface area contributed by atoms with Gasteiger partial charge in [0.1, 0.15) is 0 Å². The summed E-state index contributed by atoms with van der Waals surface area (Å²) < 4.78 is 1.09. The monoisotopic (exact) mass is 366 g/mol. The van der Waals surface area contributed by atoms with E-state index in [1.807, 2.05) is 24.3 Å². The van der Waals surface area contributed by atoms with Crippen molar-refractivity contribution in [2.75, 3.05) is 13.1 Å². The Kier molecular flexibility index (Phi) is 6.22. The molecular weight excluding hydrogens is 351 g/mol. The van der Waals surface area contributed by atoms with E-state index in [0.29, 0.717) is 0 Å². The van der Waals surface area contributed by atoms with E-state index in [2.05, 4.69) is 33.2 Å². The molecule has 1 heterocycles. The molecule has 1 aromatic rings. The Bertz CT molecular complexity index is 381. The molecule has 1 aliphatic rings. The molecule has 2 N–H and O–H groups in total. The van der Waals surface area contributed by atoms with Crippen LogP contribution in [0.3, 0.4) is 0 Å². The third-order valence-corrected chi connectivity index (χ3v) is 3.39. The van der Waals surface area contributed by atoms with Gasteiger partial charge in [0.15, 0.2) is 0 Å². The Labute approximate surface area is 121 Å². The zero-order valence-corrected chi connectivity index (χ0v) is 12.4. The standard InChI is InChI=1S/C12H15IN2O.ClH/c13-10-4-1-3-9(7-10)12(16)15-11-5-2-6-14-8-11;/h1,3-4,7,11,14H,2,5-6,8H2,(H,15,16);1H. The molecular formula is C12H16ClIN2O.